The highest BCUT2D eigenvalue weighted by Crippen LogP contribution is 2.43. The Labute approximate surface area is 219 Å². The second kappa shape index (κ2) is 12.3. The Morgan fingerprint density at radius 3 is 2.57 bits per heavy atom. The number of hydrogen-bond donors (Lipinski definition) is 3. The summed E-state index contributed by atoms with van der Waals surface area (Å²) in [7, 11) is 1.89. The number of rotatable bonds is 10. The van der Waals surface area contributed by atoms with E-state index in [2.05, 4.69) is 22.4 Å². The van der Waals surface area contributed by atoms with Crippen LogP contribution < -0.4 is 5.32 Å². The first kappa shape index (κ1) is 26.8. The molecule has 0 saturated carbocycles. The molecule has 4 rings (SSSR count). The predicted molar refractivity (Wildman–Crippen MR) is 137 cm³/mol. The summed E-state index contributed by atoms with van der Waals surface area (Å²) in [6.45, 7) is 2.05. The van der Waals surface area contributed by atoms with E-state index in [0.717, 1.165) is 21.8 Å². The van der Waals surface area contributed by atoms with E-state index < -0.39 is 12.3 Å². The SMILES string of the molecule is C[C@H]1[C@@H](CSc2nncn2C)O[C@@H](c2cccc(NC(=O)CCC(=O)O)c2)O[C@H]1c1ccc(CO)cc1. The van der Waals surface area contributed by atoms with Crippen LogP contribution in [0.5, 0.6) is 0 Å². The number of anilines is 1. The highest BCUT2D eigenvalue weighted by molar-refractivity contribution is 7.99. The predicted octanol–water partition coefficient (Wildman–Crippen LogP) is 3.69. The minimum absolute atomic E-state index is 0.0101. The number of ether oxygens (including phenoxy) is 2. The van der Waals surface area contributed by atoms with Crippen LogP contribution in [0.3, 0.4) is 0 Å². The number of aliphatic hydroxyl groups excluding tert-OH is 1. The minimum atomic E-state index is -1.02. The number of nitrogens with zero attached hydrogens (tertiary/aromatic N) is 3. The zero-order valence-corrected chi connectivity index (χ0v) is 21.4. The van der Waals surface area contributed by atoms with E-state index in [1.165, 1.54) is 0 Å². The summed E-state index contributed by atoms with van der Waals surface area (Å²) in [6.07, 6.45) is 0.156. The summed E-state index contributed by atoms with van der Waals surface area (Å²) in [4.78, 5) is 22.9. The highest BCUT2D eigenvalue weighted by Gasteiger charge is 2.38. The van der Waals surface area contributed by atoms with Crippen molar-refractivity contribution < 1.29 is 29.3 Å². The number of carboxylic acid groups (broad SMARTS) is 1. The molecule has 1 aromatic heterocycles. The highest BCUT2D eigenvalue weighted by atomic mass is 32.2. The van der Waals surface area contributed by atoms with E-state index in [9.17, 15) is 14.7 Å². The lowest BCUT2D eigenvalue weighted by Crippen LogP contribution is -2.38. The van der Waals surface area contributed by atoms with Gasteiger partial charge in [-0.2, -0.15) is 0 Å². The fourth-order valence-corrected chi connectivity index (χ4v) is 5.13. The van der Waals surface area contributed by atoms with Crippen LogP contribution in [0.25, 0.3) is 0 Å². The molecule has 1 fully saturated rings. The summed E-state index contributed by atoms with van der Waals surface area (Å²) in [5, 5.41) is 29.9. The summed E-state index contributed by atoms with van der Waals surface area (Å²) >= 11 is 1.55. The second-order valence-corrected chi connectivity index (χ2v) is 9.91. The molecule has 0 radical (unpaired) electrons. The van der Waals surface area contributed by atoms with Crippen molar-refractivity contribution in [3.63, 3.8) is 0 Å². The van der Waals surface area contributed by atoms with Gasteiger partial charge >= 0.3 is 5.97 Å². The standard InChI is InChI=1S/C26H30N4O6S/c1-16-21(14-37-26-29-27-15-30(26)2)35-25(36-24(16)18-8-6-17(13-31)7-9-18)19-4-3-5-20(12-19)28-22(32)10-11-23(33)34/h3-9,12,15-16,21,24-25,31H,10-11,13-14H2,1-2H3,(H,28,32)(H,33,34)/t16-,21+,24+,25+/m0/s1. The normalized spacial score (nSPS) is 21.5. The van der Waals surface area contributed by atoms with Crippen LogP contribution in [-0.2, 0) is 32.7 Å². The molecule has 0 aliphatic carbocycles. The van der Waals surface area contributed by atoms with Crippen LogP contribution >= 0.6 is 11.8 Å². The van der Waals surface area contributed by atoms with E-state index in [-0.39, 0.29) is 43.5 Å². The smallest absolute Gasteiger partial charge is 0.303 e. The summed E-state index contributed by atoms with van der Waals surface area (Å²) < 4.78 is 14.7. The van der Waals surface area contributed by atoms with Crippen LogP contribution in [0.1, 0.15) is 48.8 Å². The molecule has 1 aliphatic rings. The zero-order chi connectivity index (χ0) is 26.4. The molecular weight excluding hydrogens is 496 g/mol. The van der Waals surface area contributed by atoms with Crippen molar-refractivity contribution in [1.29, 1.82) is 0 Å². The number of amides is 1. The van der Waals surface area contributed by atoms with E-state index in [1.54, 1.807) is 36.3 Å². The third kappa shape index (κ3) is 6.95. The first-order valence-corrected chi connectivity index (χ1v) is 12.9. The van der Waals surface area contributed by atoms with Crippen LogP contribution in [0.2, 0.25) is 0 Å². The maximum atomic E-state index is 12.1. The molecule has 196 valence electrons. The number of carbonyl (C=O) groups is 2. The fraction of sp³-hybridized carbons (Fsp3) is 0.385. The van der Waals surface area contributed by atoms with E-state index in [0.29, 0.717) is 11.4 Å². The molecule has 4 atom stereocenters. The molecule has 11 heteroatoms. The number of aryl methyl sites for hydroxylation is 1. The van der Waals surface area contributed by atoms with Gasteiger partial charge in [0.2, 0.25) is 5.91 Å². The number of carboxylic acids is 1. The van der Waals surface area contributed by atoms with Crippen molar-refractivity contribution in [2.24, 2.45) is 13.0 Å². The van der Waals surface area contributed by atoms with Crippen LogP contribution in [-0.4, -0.2) is 48.7 Å². The molecule has 1 saturated heterocycles. The number of hydrogen-bond acceptors (Lipinski definition) is 8. The molecule has 37 heavy (non-hydrogen) atoms. The van der Waals surface area contributed by atoms with Gasteiger partial charge in [-0.15, -0.1) is 10.2 Å². The number of aliphatic hydroxyl groups is 1. The Hall–Kier alpha value is -3.25. The Morgan fingerprint density at radius 1 is 1.11 bits per heavy atom. The van der Waals surface area contributed by atoms with Crippen molar-refractivity contribution in [3.05, 3.63) is 71.5 Å². The molecule has 3 aromatic rings. The Balaban J connectivity index is 1.55. The molecule has 2 heterocycles. The van der Waals surface area contributed by atoms with E-state index in [1.807, 2.05) is 41.9 Å². The zero-order valence-electron chi connectivity index (χ0n) is 20.6. The number of carbonyl (C=O) groups excluding carboxylic acids is 1. The van der Waals surface area contributed by atoms with Crippen molar-refractivity contribution >= 4 is 29.3 Å². The second-order valence-electron chi connectivity index (χ2n) is 8.92. The maximum Gasteiger partial charge on any atom is 0.303 e. The third-order valence-corrected chi connectivity index (χ3v) is 7.30. The summed E-state index contributed by atoms with van der Waals surface area (Å²) in [6, 6.07) is 14.9. The van der Waals surface area contributed by atoms with Gasteiger partial charge in [-0.25, -0.2) is 0 Å². The van der Waals surface area contributed by atoms with Crippen molar-refractivity contribution in [2.75, 3.05) is 11.1 Å². The average Bonchev–Trinajstić information content (AvgIpc) is 3.31. The van der Waals surface area contributed by atoms with Gasteiger partial charge < -0.3 is 29.6 Å². The summed E-state index contributed by atoms with van der Waals surface area (Å²) in [5.41, 5.74) is 3.06. The first-order chi connectivity index (χ1) is 17.8. The molecule has 1 aliphatic heterocycles. The van der Waals surface area contributed by atoms with Gasteiger partial charge in [0.1, 0.15) is 6.33 Å². The van der Waals surface area contributed by atoms with Gasteiger partial charge in [-0.05, 0) is 23.3 Å². The number of aromatic nitrogens is 3. The molecular formula is C26H30N4O6S. The molecule has 1 amide bonds. The largest absolute Gasteiger partial charge is 0.481 e. The van der Waals surface area contributed by atoms with Crippen LogP contribution in [0, 0.1) is 5.92 Å². The molecule has 2 aromatic carbocycles. The topological polar surface area (TPSA) is 136 Å². The van der Waals surface area contributed by atoms with Crippen LogP contribution in [0.15, 0.2) is 60.0 Å². The Morgan fingerprint density at radius 2 is 1.89 bits per heavy atom. The first-order valence-electron chi connectivity index (χ1n) is 11.9. The van der Waals surface area contributed by atoms with Gasteiger partial charge in [0.15, 0.2) is 11.4 Å². The Kier molecular flexibility index (Phi) is 8.93. The van der Waals surface area contributed by atoms with Gasteiger partial charge in [-0.1, -0.05) is 55.1 Å². The van der Waals surface area contributed by atoms with Gasteiger partial charge in [0.25, 0.3) is 0 Å². The van der Waals surface area contributed by atoms with E-state index >= 15 is 0 Å². The summed E-state index contributed by atoms with van der Waals surface area (Å²) in [5.74, 6) is -0.760. The monoisotopic (exact) mass is 526 g/mol. The number of thioether (sulfide) groups is 1. The van der Waals surface area contributed by atoms with E-state index in [4.69, 9.17) is 14.6 Å². The van der Waals surface area contributed by atoms with Crippen molar-refractivity contribution in [2.45, 2.75) is 50.0 Å². The molecule has 10 nitrogen and oxygen atoms in total. The fourth-order valence-electron chi connectivity index (χ4n) is 4.08. The molecule has 0 bridgehead atoms. The molecule has 3 N–H and O–H groups in total. The lowest BCUT2D eigenvalue weighted by Gasteiger charge is -2.41. The quantitative estimate of drug-likeness (QED) is 0.338. The lowest BCUT2D eigenvalue weighted by molar-refractivity contribution is -0.268. The molecule has 0 spiro atoms. The van der Waals surface area contributed by atoms with Crippen LogP contribution in [0.4, 0.5) is 5.69 Å². The van der Waals surface area contributed by atoms with Gasteiger partial charge in [-0.3, -0.25) is 9.59 Å². The third-order valence-electron chi connectivity index (χ3n) is 6.18. The average molecular weight is 527 g/mol. The number of aliphatic carboxylic acids is 1. The number of benzene rings is 2. The van der Waals surface area contributed by atoms with Crippen molar-refractivity contribution in [1.82, 2.24) is 14.8 Å². The minimum Gasteiger partial charge on any atom is -0.481 e. The van der Waals surface area contributed by atoms with Crippen molar-refractivity contribution in [3.8, 4) is 0 Å². The molecule has 0 unspecified atom stereocenters. The van der Waals surface area contributed by atoms with Gasteiger partial charge in [0.05, 0.1) is 25.2 Å². The number of nitrogens with one attached hydrogen (secondary N) is 1. The van der Waals surface area contributed by atoms with Gasteiger partial charge in [0, 0.05) is 36.4 Å². The lowest BCUT2D eigenvalue weighted by atomic mass is 9.91. The maximum absolute atomic E-state index is 12.1. The Bertz CT molecular complexity index is 1220.